The van der Waals surface area contributed by atoms with Gasteiger partial charge in [0.05, 0.1) is 0 Å². The van der Waals surface area contributed by atoms with Gasteiger partial charge in [0.15, 0.2) is 0 Å². The topological polar surface area (TPSA) is 29.0 Å². The summed E-state index contributed by atoms with van der Waals surface area (Å²) in [6.45, 7) is 6.71. The molecule has 0 saturated heterocycles. The molecule has 0 radical (unpaired) electrons. The molecule has 3 nitrogen and oxygen atoms in total. The van der Waals surface area contributed by atoms with E-state index in [1.54, 1.807) is 6.33 Å². The van der Waals surface area contributed by atoms with Crippen LogP contribution in [0.2, 0.25) is 0 Å². The Labute approximate surface area is 127 Å². The number of aromatic nitrogens is 2. The third kappa shape index (κ3) is 2.70. The molecule has 3 heteroatoms. The summed E-state index contributed by atoms with van der Waals surface area (Å²) in [6, 6.07) is 10.9. The maximum atomic E-state index is 4.10. The van der Waals surface area contributed by atoms with E-state index in [4.69, 9.17) is 0 Å². The van der Waals surface area contributed by atoms with E-state index in [1.807, 2.05) is 12.4 Å². The van der Waals surface area contributed by atoms with Gasteiger partial charge in [0.2, 0.25) is 0 Å². The first-order valence-electron chi connectivity index (χ1n) is 7.51. The van der Waals surface area contributed by atoms with Gasteiger partial charge in [-0.1, -0.05) is 44.2 Å². The van der Waals surface area contributed by atoms with E-state index in [2.05, 4.69) is 66.1 Å². The van der Waals surface area contributed by atoms with E-state index in [9.17, 15) is 0 Å². The highest BCUT2D eigenvalue weighted by molar-refractivity contribution is 5.37. The number of hydrogen-bond acceptors (Lipinski definition) is 3. The average Bonchev–Trinajstić information content (AvgIpc) is 3.03. The first-order chi connectivity index (χ1) is 10.0. The second-order valence-corrected chi connectivity index (χ2v) is 6.93. The molecule has 21 heavy (non-hydrogen) atoms. The highest BCUT2D eigenvalue weighted by Gasteiger charge is 2.61. The van der Waals surface area contributed by atoms with Gasteiger partial charge in [-0.05, 0) is 24.4 Å². The summed E-state index contributed by atoms with van der Waals surface area (Å²) in [5.41, 5.74) is 3.28. The van der Waals surface area contributed by atoms with Crippen LogP contribution in [0, 0.1) is 5.41 Å². The maximum Gasteiger partial charge on any atom is 0.115 e. The molecular weight excluding hydrogens is 258 g/mol. The Balaban J connectivity index is 1.75. The summed E-state index contributed by atoms with van der Waals surface area (Å²) < 4.78 is 0. The predicted octanol–water partition coefficient (Wildman–Crippen LogP) is 3.28. The summed E-state index contributed by atoms with van der Waals surface area (Å²) >= 11 is 0. The summed E-state index contributed by atoms with van der Waals surface area (Å²) in [4.78, 5) is 10.6. The Bertz CT molecular complexity index is 594. The molecule has 0 amide bonds. The molecule has 0 N–H and O–H groups in total. The van der Waals surface area contributed by atoms with Gasteiger partial charge in [0, 0.05) is 36.5 Å². The van der Waals surface area contributed by atoms with Crippen molar-refractivity contribution in [1.29, 1.82) is 0 Å². The molecule has 110 valence electrons. The summed E-state index contributed by atoms with van der Waals surface area (Å²) in [6.07, 6.45) is 6.63. The molecule has 2 aromatic rings. The lowest BCUT2D eigenvalue weighted by molar-refractivity contribution is 0.271. The lowest BCUT2D eigenvalue weighted by Gasteiger charge is -2.27. The lowest BCUT2D eigenvalue weighted by Crippen LogP contribution is -2.32. The van der Waals surface area contributed by atoms with Crippen LogP contribution >= 0.6 is 0 Å². The van der Waals surface area contributed by atoms with Crippen LogP contribution in [0.15, 0.2) is 49.1 Å². The van der Waals surface area contributed by atoms with Crippen LogP contribution in [0.3, 0.4) is 0 Å². The van der Waals surface area contributed by atoms with Crippen LogP contribution in [-0.4, -0.2) is 28.5 Å². The first kappa shape index (κ1) is 14.2. The van der Waals surface area contributed by atoms with Gasteiger partial charge < -0.3 is 4.90 Å². The minimum Gasteiger partial charge on any atom is -0.301 e. The quantitative estimate of drug-likeness (QED) is 0.842. The van der Waals surface area contributed by atoms with E-state index >= 15 is 0 Å². The van der Waals surface area contributed by atoms with Gasteiger partial charge in [-0.15, -0.1) is 0 Å². The van der Waals surface area contributed by atoms with Gasteiger partial charge in [0.1, 0.15) is 6.33 Å². The number of hydrogen-bond donors (Lipinski definition) is 0. The molecule has 1 aromatic heterocycles. The number of nitrogens with zero attached hydrogens (tertiary/aromatic N) is 3. The smallest absolute Gasteiger partial charge is 0.115 e. The molecule has 1 aliphatic carbocycles. The average molecular weight is 281 g/mol. The SMILES string of the molecule is CN(Cc1cncnc1)CC1(c2ccccc2)CC1(C)C. The molecule has 1 aliphatic rings. The van der Waals surface area contributed by atoms with Crippen molar-refractivity contribution in [3.63, 3.8) is 0 Å². The summed E-state index contributed by atoms with van der Waals surface area (Å²) in [5, 5.41) is 0. The Morgan fingerprint density at radius 1 is 1.10 bits per heavy atom. The van der Waals surface area contributed by atoms with Crippen molar-refractivity contribution >= 4 is 0 Å². The summed E-state index contributed by atoms with van der Waals surface area (Å²) in [7, 11) is 2.19. The number of benzene rings is 1. The zero-order chi connectivity index (χ0) is 14.9. The van der Waals surface area contributed by atoms with Crippen molar-refractivity contribution in [2.45, 2.75) is 32.2 Å². The normalized spacial score (nSPS) is 23.2. The predicted molar refractivity (Wildman–Crippen MR) is 84.9 cm³/mol. The van der Waals surface area contributed by atoms with E-state index < -0.39 is 0 Å². The zero-order valence-corrected chi connectivity index (χ0v) is 13.1. The minimum absolute atomic E-state index is 0.276. The molecule has 1 atom stereocenters. The number of likely N-dealkylation sites (N-methyl/N-ethyl adjacent to an activating group) is 1. The Morgan fingerprint density at radius 3 is 2.29 bits per heavy atom. The van der Waals surface area contributed by atoms with Crippen molar-refractivity contribution in [3.8, 4) is 0 Å². The molecule has 1 fully saturated rings. The maximum absolute atomic E-state index is 4.10. The molecule has 1 aromatic carbocycles. The van der Waals surface area contributed by atoms with Crippen molar-refractivity contribution in [2.75, 3.05) is 13.6 Å². The van der Waals surface area contributed by atoms with Crippen LogP contribution < -0.4 is 0 Å². The fraction of sp³-hybridized carbons (Fsp3) is 0.444. The Morgan fingerprint density at radius 2 is 1.71 bits per heavy atom. The van der Waals surface area contributed by atoms with Crippen molar-refractivity contribution in [3.05, 3.63) is 60.2 Å². The molecule has 0 spiro atoms. The van der Waals surface area contributed by atoms with Gasteiger partial charge >= 0.3 is 0 Å². The molecule has 1 saturated carbocycles. The second kappa shape index (κ2) is 5.23. The third-order valence-corrected chi connectivity index (χ3v) is 4.85. The first-order valence-corrected chi connectivity index (χ1v) is 7.51. The van der Waals surface area contributed by atoms with Crippen LogP contribution in [0.5, 0.6) is 0 Å². The highest BCUT2D eigenvalue weighted by atomic mass is 15.1. The second-order valence-electron chi connectivity index (χ2n) is 6.93. The lowest BCUT2D eigenvalue weighted by atomic mass is 9.87. The van der Waals surface area contributed by atoms with E-state index in [0.717, 1.165) is 13.1 Å². The Kier molecular flexibility index (Phi) is 3.54. The van der Waals surface area contributed by atoms with Crippen molar-refractivity contribution in [1.82, 2.24) is 14.9 Å². The fourth-order valence-corrected chi connectivity index (χ4v) is 3.56. The highest BCUT2D eigenvalue weighted by Crippen LogP contribution is 2.64. The molecule has 1 unspecified atom stereocenters. The van der Waals surface area contributed by atoms with E-state index in [1.165, 1.54) is 17.5 Å². The van der Waals surface area contributed by atoms with E-state index in [-0.39, 0.29) is 5.41 Å². The summed E-state index contributed by atoms with van der Waals surface area (Å²) in [5.74, 6) is 0. The van der Waals surface area contributed by atoms with Crippen LogP contribution in [0.1, 0.15) is 31.4 Å². The minimum atomic E-state index is 0.276. The largest absolute Gasteiger partial charge is 0.301 e. The van der Waals surface area contributed by atoms with Crippen LogP contribution in [0.25, 0.3) is 0 Å². The van der Waals surface area contributed by atoms with Crippen LogP contribution in [-0.2, 0) is 12.0 Å². The molecular formula is C18H23N3. The van der Waals surface area contributed by atoms with Crippen LogP contribution in [0.4, 0.5) is 0 Å². The molecule has 0 aliphatic heterocycles. The van der Waals surface area contributed by atoms with Crippen molar-refractivity contribution < 1.29 is 0 Å². The fourth-order valence-electron chi connectivity index (χ4n) is 3.56. The van der Waals surface area contributed by atoms with E-state index in [0.29, 0.717) is 5.41 Å². The zero-order valence-electron chi connectivity index (χ0n) is 13.1. The Hall–Kier alpha value is -1.74. The number of rotatable bonds is 5. The molecule has 0 bridgehead atoms. The van der Waals surface area contributed by atoms with Gasteiger partial charge in [-0.2, -0.15) is 0 Å². The van der Waals surface area contributed by atoms with Crippen molar-refractivity contribution in [2.24, 2.45) is 5.41 Å². The van der Waals surface area contributed by atoms with Gasteiger partial charge in [0.25, 0.3) is 0 Å². The molecule has 3 rings (SSSR count). The third-order valence-electron chi connectivity index (χ3n) is 4.85. The molecule has 1 heterocycles. The monoisotopic (exact) mass is 281 g/mol. The van der Waals surface area contributed by atoms with Gasteiger partial charge in [-0.25, -0.2) is 9.97 Å². The standard InChI is InChI=1S/C18H23N3/c1-17(2)12-18(17,16-7-5-4-6-8-16)13-21(3)11-15-9-19-14-20-10-15/h4-10,14H,11-13H2,1-3H3. The van der Waals surface area contributed by atoms with Gasteiger partial charge in [-0.3, -0.25) is 0 Å².